The highest BCUT2D eigenvalue weighted by molar-refractivity contribution is 4.87. The SMILES string of the molecule is CCC(O)CC1CC(N)CN(C2CCCC2)C1. The standard InChI is InChI=1S/C14H28N2O/c1-2-14(17)8-11-7-12(15)10-16(9-11)13-5-3-4-6-13/h11-14,17H,2-10,15H2,1H3. The number of likely N-dealkylation sites (tertiary alicyclic amines) is 1. The first kappa shape index (κ1) is 13.3. The van der Waals surface area contributed by atoms with Crippen molar-refractivity contribution >= 4 is 0 Å². The van der Waals surface area contributed by atoms with Gasteiger partial charge in [-0.1, -0.05) is 19.8 Å². The summed E-state index contributed by atoms with van der Waals surface area (Å²) in [5, 5.41) is 9.79. The van der Waals surface area contributed by atoms with Gasteiger partial charge in [-0.15, -0.1) is 0 Å². The van der Waals surface area contributed by atoms with Crippen molar-refractivity contribution in [2.24, 2.45) is 11.7 Å². The van der Waals surface area contributed by atoms with E-state index in [0.717, 1.165) is 38.4 Å². The Kier molecular flexibility index (Phi) is 4.83. The molecular formula is C14H28N2O. The van der Waals surface area contributed by atoms with E-state index in [4.69, 9.17) is 5.73 Å². The molecule has 3 unspecified atom stereocenters. The van der Waals surface area contributed by atoms with Crippen molar-refractivity contribution in [2.45, 2.75) is 70.1 Å². The van der Waals surface area contributed by atoms with E-state index < -0.39 is 0 Å². The Labute approximate surface area is 105 Å². The van der Waals surface area contributed by atoms with Gasteiger partial charge in [-0.3, -0.25) is 4.90 Å². The second-order valence-electron chi connectivity index (χ2n) is 6.05. The summed E-state index contributed by atoms with van der Waals surface area (Å²) in [6.45, 7) is 4.29. The molecule has 1 heterocycles. The van der Waals surface area contributed by atoms with Crippen LogP contribution in [0.15, 0.2) is 0 Å². The molecule has 100 valence electrons. The van der Waals surface area contributed by atoms with Gasteiger partial charge < -0.3 is 10.8 Å². The number of hydrogen-bond donors (Lipinski definition) is 2. The maximum absolute atomic E-state index is 9.79. The van der Waals surface area contributed by atoms with Crippen LogP contribution in [0.25, 0.3) is 0 Å². The second kappa shape index (κ2) is 6.17. The lowest BCUT2D eigenvalue weighted by molar-refractivity contribution is 0.0702. The summed E-state index contributed by atoms with van der Waals surface area (Å²) >= 11 is 0. The summed E-state index contributed by atoms with van der Waals surface area (Å²) in [6, 6.07) is 1.10. The van der Waals surface area contributed by atoms with Crippen LogP contribution in [-0.4, -0.2) is 41.3 Å². The van der Waals surface area contributed by atoms with E-state index in [1.807, 2.05) is 0 Å². The summed E-state index contributed by atoms with van der Waals surface area (Å²) in [7, 11) is 0. The molecule has 0 aromatic carbocycles. The molecule has 1 saturated carbocycles. The van der Waals surface area contributed by atoms with E-state index in [9.17, 15) is 5.11 Å². The van der Waals surface area contributed by atoms with Crippen molar-refractivity contribution in [1.82, 2.24) is 4.90 Å². The molecule has 0 spiro atoms. The molecule has 1 saturated heterocycles. The van der Waals surface area contributed by atoms with Gasteiger partial charge in [0.25, 0.3) is 0 Å². The predicted molar refractivity (Wildman–Crippen MR) is 70.8 cm³/mol. The van der Waals surface area contributed by atoms with Crippen LogP contribution in [0.4, 0.5) is 0 Å². The highest BCUT2D eigenvalue weighted by Crippen LogP contribution is 2.29. The third-order valence-electron chi connectivity index (χ3n) is 4.52. The van der Waals surface area contributed by atoms with Crippen LogP contribution >= 0.6 is 0 Å². The predicted octanol–water partition coefficient (Wildman–Crippen LogP) is 1.74. The highest BCUT2D eigenvalue weighted by atomic mass is 16.3. The Morgan fingerprint density at radius 2 is 2.00 bits per heavy atom. The molecule has 3 atom stereocenters. The Morgan fingerprint density at radius 3 is 2.65 bits per heavy atom. The number of nitrogens with two attached hydrogens (primary N) is 1. The van der Waals surface area contributed by atoms with Crippen LogP contribution in [0.2, 0.25) is 0 Å². The summed E-state index contributed by atoms with van der Waals surface area (Å²) in [6.07, 6.45) is 8.27. The zero-order valence-electron chi connectivity index (χ0n) is 11.1. The maximum Gasteiger partial charge on any atom is 0.0540 e. The number of nitrogens with zero attached hydrogens (tertiary/aromatic N) is 1. The number of aliphatic hydroxyl groups excluding tert-OH is 1. The molecule has 17 heavy (non-hydrogen) atoms. The molecule has 0 radical (unpaired) electrons. The van der Waals surface area contributed by atoms with E-state index >= 15 is 0 Å². The lowest BCUT2D eigenvalue weighted by atomic mass is 9.88. The molecule has 3 N–H and O–H groups in total. The quantitative estimate of drug-likeness (QED) is 0.787. The van der Waals surface area contributed by atoms with Crippen molar-refractivity contribution < 1.29 is 5.11 Å². The fraction of sp³-hybridized carbons (Fsp3) is 1.00. The van der Waals surface area contributed by atoms with Gasteiger partial charge in [0.05, 0.1) is 6.10 Å². The van der Waals surface area contributed by atoms with E-state index in [-0.39, 0.29) is 6.10 Å². The maximum atomic E-state index is 9.79. The fourth-order valence-corrected chi connectivity index (χ4v) is 3.57. The van der Waals surface area contributed by atoms with Gasteiger partial charge in [0, 0.05) is 25.2 Å². The van der Waals surface area contributed by atoms with Crippen LogP contribution in [0.3, 0.4) is 0 Å². The summed E-state index contributed by atoms with van der Waals surface area (Å²) < 4.78 is 0. The molecule has 2 fully saturated rings. The average Bonchev–Trinajstić information content (AvgIpc) is 2.81. The Morgan fingerprint density at radius 1 is 1.29 bits per heavy atom. The Bertz CT molecular complexity index is 228. The average molecular weight is 240 g/mol. The number of rotatable bonds is 4. The summed E-state index contributed by atoms with van der Waals surface area (Å²) in [5.41, 5.74) is 6.18. The van der Waals surface area contributed by atoms with Gasteiger partial charge in [-0.25, -0.2) is 0 Å². The molecule has 1 aliphatic carbocycles. The largest absolute Gasteiger partial charge is 0.393 e. The monoisotopic (exact) mass is 240 g/mol. The Balaban J connectivity index is 1.86. The molecule has 0 aromatic heterocycles. The first-order valence-corrected chi connectivity index (χ1v) is 7.36. The van der Waals surface area contributed by atoms with Crippen LogP contribution in [-0.2, 0) is 0 Å². The molecule has 0 bridgehead atoms. The van der Waals surface area contributed by atoms with Crippen molar-refractivity contribution in [3.8, 4) is 0 Å². The zero-order valence-corrected chi connectivity index (χ0v) is 11.1. The van der Waals surface area contributed by atoms with E-state index in [1.165, 1.54) is 25.7 Å². The van der Waals surface area contributed by atoms with Crippen molar-refractivity contribution in [3.05, 3.63) is 0 Å². The van der Waals surface area contributed by atoms with E-state index in [0.29, 0.717) is 12.0 Å². The fourth-order valence-electron chi connectivity index (χ4n) is 3.57. The normalized spacial score (nSPS) is 34.1. The molecule has 2 aliphatic rings. The van der Waals surface area contributed by atoms with Crippen LogP contribution in [0.1, 0.15) is 51.9 Å². The van der Waals surface area contributed by atoms with Gasteiger partial charge >= 0.3 is 0 Å². The molecule has 0 amide bonds. The molecular weight excluding hydrogens is 212 g/mol. The highest BCUT2D eigenvalue weighted by Gasteiger charge is 2.31. The van der Waals surface area contributed by atoms with E-state index in [1.54, 1.807) is 0 Å². The zero-order chi connectivity index (χ0) is 12.3. The lowest BCUT2D eigenvalue weighted by Crippen LogP contribution is -2.50. The summed E-state index contributed by atoms with van der Waals surface area (Å²) in [5.74, 6) is 0.606. The van der Waals surface area contributed by atoms with Gasteiger partial charge in [-0.05, 0) is 38.0 Å². The minimum Gasteiger partial charge on any atom is -0.393 e. The minimum atomic E-state index is -0.129. The van der Waals surface area contributed by atoms with Gasteiger partial charge in [0.1, 0.15) is 0 Å². The van der Waals surface area contributed by atoms with Gasteiger partial charge in [0.2, 0.25) is 0 Å². The smallest absolute Gasteiger partial charge is 0.0540 e. The van der Waals surface area contributed by atoms with Gasteiger partial charge in [0.15, 0.2) is 0 Å². The lowest BCUT2D eigenvalue weighted by Gasteiger charge is -2.40. The van der Waals surface area contributed by atoms with Crippen LogP contribution < -0.4 is 5.73 Å². The summed E-state index contributed by atoms with van der Waals surface area (Å²) in [4.78, 5) is 2.61. The topological polar surface area (TPSA) is 49.5 Å². The third-order valence-corrected chi connectivity index (χ3v) is 4.52. The van der Waals surface area contributed by atoms with E-state index in [2.05, 4.69) is 11.8 Å². The molecule has 2 rings (SSSR count). The molecule has 3 nitrogen and oxygen atoms in total. The molecule has 3 heteroatoms. The molecule has 1 aliphatic heterocycles. The van der Waals surface area contributed by atoms with Crippen LogP contribution in [0.5, 0.6) is 0 Å². The minimum absolute atomic E-state index is 0.129. The van der Waals surface area contributed by atoms with Crippen molar-refractivity contribution in [3.63, 3.8) is 0 Å². The Hall–Kier alpha value is -0.120. The van der Waals surface area contributed by atoms with Crippen LogP contribution in [0, 0.1) is 5.92 Å². The number of piperidine rings is 1. The number of hydrogen-bond acceptors (Lipinski definition) is 3. The van der Waals surface area contributed by atoms with Gasteiger partial charge in [-0.2, -0.15) is 0 Å². The number of aliphatic hydroxyl groups is 1. The first-order valence-electron chi connectivity index (χ1n) is 7.36. The van der Waals surface area contributed by atoms with Crippen molar-refractivity contribution in [1.29, 1.82) is 0 Å². The third kappa shape index (κ3) is 3.67. The first-order chi connectivity index (χ1) is 8.19. The molecule has 0 aromatic rings. The van der Waals surface area contributed by atoms with Crippen molar-refractivity contribution in [2.75, 3.05) is 13.1 Å². The second-order valence-corrected chi connectivity index (χ2v) is 6.05.